The van der Waals surface area contributed by atoms with Gasteiger partial charge in [-0.3, -0.25) is 4.79 Å². The fourth-order valence-corrected chi connectivity index (χ4v) is 3.09. The number of nitrogens with one attached hydrogen (secondary N) is 1. The van der Waals surface area contributed by atoms with Crippen molar-refractivity contribution in [1.29, 1.82) is 0 Å². The second-order valence-electron chi connectivity index (χ2n) is 7.19. The Hall–Kier alpha value is -1.55. The fraction of sp³-hybridized carbons (Fsp3) is 0.682. The van der Waals surface area contributed by atoms with Crippen LogP contribution in [0.3, 0.4) is 0 Å². The Labute approximate surface area is 159 Å². The third kappa shape index (κ3) is 10.4. The number of phenolic OH excluding ortho intramolecular Hbond substituents is 2. The zero-order valence-electron chi connectivity index (χ0n) is 16.4. The molecule has 0 aliphatic carbocycles. The van der Waals surface area contributed by atoms with Crippen molar-refractivity contribution in [1.82, 2.24) is 5.32 Å². The molecule has 0 radical (unpaired) electrons. The van der Waals surface area contributed by atoms with E-state index in [2.05, 4.69) is 12.2 Å². The Morgan fingerprint density at radius 3 is 1.88 bits per heavy atom. The molecule has 0 bridgehead atoms. The summed E-state index contributed by atoms with van der Waals surface area (Å²) >= 11 is 0. The molecule has 148 valence electrons. The highest BCUT2D eigenvalue weighted by Gasteiger charge is 2.08. The molecule has 0 aliphatic heterocycles. The first kappa shape index (κ1) is 22.5. The number of aromatic hydroxyl groups is 2. The molecule has 0 saturated heterocycles. The fourth-order valence-electron chi connectivity index (χ4n) is 3.09. The molecule has 0 unspecified atom stereocenters. The summed E-state index contributed by atoms with van der Waals surface area (Å²) in [7, 11) is 0. The topological polar surface area (TPSA) is 69.6 Å². The number of carbonyl (C=O) groups is 1. The predicted octanol–water partition coefficient (Wildman–Crippen LogP) is 5.57. The first-order chi connectivity index (χ1) is 12.6. The number of ketones is 1. The lowest BCUT2D eigenvalue weighted by atomic mass is 10.1. The Balaban J connectivity index is 1.90. The SMILES string of the molecule is CCCCCCCCCCCCCCNCC(=O)c1ccc(O)c(O)c1. The van der Waals surface area contributed by atoms with Crippen LogP contribution in [0.25, 0.3) is 0 Å². The zero-order chi connectivity index (χ0) is 19.0. The van der Waals surface area contributed by atoms with E-state index in [1.807, 2.05) is 0 Å². The molecule has 1 rings (SSSR count). The van der Waals surface area contributed by atoms with E-state index in [1.165, 1.54) is 88.8 Å². The van der Waals surface area contributed by atoms with Gasteiger partial charge in [0.05, 0.1) is 6.54 Å². The molecule has 0 saturated carbocycles. The standard InChI is InChI=1S/C22H37NO3/c1-2-3-4-5-6-7-8-9-10-11-12-13-16-23-18-22(26)19-14-15-20(24)21(25)17-19/h14-15,17,23-25H,2-13,16,18H2,1H3. The van der Waals surface area contributed by atoms with E-state index in [9.17, 15) is 15.0 Å². The van der Waals surface area contributed by atoms with Crippen LogP contribution < -0.4 is 5.32 Å². The third-order valence-corrected chi connectivity index (χ3v) is 4.79. The molecule has 4 nitrogen and oxygen atoms in total. The summed E-state index contributed by atoms with van der Waals surface area (Å²) in [5.41, 5.74) is 0.419. The van der Waals surface area contributed by atoms with Crippen LogP contribution in [0.4, 0.5) is 0 Å². The van der Waals surface area contributed by atoms with Crippen molar-refractivity contribution in [2.75, 3.05) is 13.1 Å². The molecular formula is C22H37NO3. The van der Waals surface area contributed by atoms with Crippen LogP contribution in [0, 0.1) is 0 Å². The average Bonchev–Trinajstić information content (AvgIpc) is 2.64. The van der Waals surface area contributed by atoms with Gasteiger partial charge in [0.25, 0.3) is 0 Å². The Morgan fingerprint density at radius 1 is 0.808 bits per heavy atom. The van der Waals surface area contributed by atoms with Crippen LogP contribution in [0.5, 0.6) is 11.5 Å². The van der Waals surface area contributed by atoms with Gasteiger partial charge in [0, 0.05) is 5.56 Å². The van der Waals surface area contributed by atoms with Crippen molar-refractivity contribution in [3.8, 4) is 11.5 Å². The van der Waals surface area contributed by atoms with Crippen molar-refractivity contribution in [2.45, 2.75) is 84.0 Å². The lowest BCUT2D eigenvalue weighted by Crippen LogP contribution is -2.24. The third-order valence-electron chi connectivity index (χ3n) is 4.79. The molecule has 0 heterocycles. The molecule has 26 heavy (non-hydrogen) atoms. The highest BCUT2D eigenvalue weighted by atomic mass is 16.3. The van der Waals surface area contributed by atoms with Crippen LogP contribution in [0.15, 0.2) is 18.2 Å². The van der Waals surface area contributed by atoms with Crippen molar-refractivity contribution in [3.05, 3.63) is 23.8 Å². The number of Topliss-reactive ketones (excluding diaryl/α,β-unsaturated/α-hetero) is 1. The summed E-state index contributed by atoms with van der Waals surface area (Å²) in [5.74, 6) is -0.526. The minimum atomic E-state index is -0.253. The molecule has 1 aromatic rings. The van der Waals surface area contributed by atoms with Gasteiger partial charge < -0.3 is 15.5 Å². The molecule has 0 amide bonds. The maximum absolute atomic E-state index is 12.0. The average molecular weight is 364 g/mol. The van der Waals surface area contributed by atoms with Gasteiger partial charge in [-0.15, -0.1) is 0 Å². The van der Waals surface area contributed by atoms with E-state index < -0.39 is 0 Å². The van der Waals surface area contributed by atoms with Gasteiger partial charge in [-0.05, 0) is 31.2 Å². The normalized spacial score (nSPS) is 11.0. The van der Waals surface area contributed by atoms with Gasteiger partial charge >= 0.3 is 0 Å². The molecule has 3 N–H and O–H groups in total. The second-order valence-corrected chi connectivity index (χ2v) is 7.19. The monoisotopic (exact) mass is 363 g/mol. The first-order valence-corrected chi connectivity index (χ1v) is 10.4. The van der Waals surface area contributed by atoms with Gasteiger partial charge in [-0.25, -0.2) is 0 Å². The van der Waals surface area contributed by atoms with Gasteiger partial charge in [0.1, 0.15) is 0 Å². The number of phenols is 2. The number of hydrogen-bond acceptors (Lipinski definition) is 4. The zero-order valence-corrected chi connectivity index (χ0v) is 16.4. The Kier molecular flexibility index (Phi) is 12.6. The summed E-state index contributed by atoms with van der Waals surface area (Å²) in [6.45, 7) is 3.37. The first-order valence-electron chi connectivity index (χ1n) is 10.4. The van der Waals surface area contributed by atoms with E-state index in [4.69, 9.17) is 0 Å². The van der Waals surface area contributed by atoms with Crippen molar-refractivity contribution in [3.63, 3.8) is 0 Å². The largest absolute Gasteiger partial charge is 0.504 e. The Bertz CT molecular complexity index is 502. The highest BCUT2D eigenvalue weighted by Crippen LogP contribution is 2.24. The quantitative estimate of drug-likeness (QED) is 0.204. The Morgan fingerprint density at radius 2 is 1.35 bits per heavy atom. The van der Waals surface area contributed by atoms with Gasteiger partial charge in [0.15, 0.2) is 17.3 Å². The lowest BCUT2D eigenvalue weighted by molar-refractivity contribution is 0.0990. The second kappa shape index (κ2) is 14.6. The molecule has 0 aliphatic rings. The number of benzene rings is 1. The van der Waals surface area contributed by atoms with E-state index in [1.54, 1.807) is 0 Å². The summed E-state index contributed by atoms with van der Waals surface area (Å²) in [5, 5.41) is 21.8. The van der Waals surface area contributed by atoms with Crippen LogP contribution in [0.2, 0.25) is 0 Å². The number of unbranched alkanes of at least 4 members (excludes halogenated alkanes) is 11. The summed E-state index contributed by atoms with van der Waals surface area (Å²) < 4.78 is 0. The van der Waals surface area contributed by atoms with Crippen LogP contribution in [-0.4, -0.2) is 29.1 Å². The lowest BCUT2D eigenvalue weighted by Gasteiger charge is -2.06. The minimum Gasteiger partial charge on any atom is -0.504 e. The van der Waals surface area contributed by atoms with Crippen molar-refractivity contribution in [2.24, 2.45) is 0 Å². The molecule has 0 aromatic heterocycles. The van der Waals surface area contributed by atoms with Crippen LogP contribution >= 0.6 is 0 Å². The van der Waals surface area contributed by atoms with Gasteiger partial charge in [-0.1, -0.05) is 77.6 Å². The maximum atomic E-state index is 12.0. The van der Waals surface area contributed by atoms with E-state index in [-0.39, 0.29) is 23.8 Å². The van der Waals surface area contributed by atoms with Crippen molar-refractivity contribution >= 4 is 5.78 Å². The summed E-state index contributed by atoms with van der Waals surface area (Å²) in [4.78, 5) is 12.0. The van der Waals surface area contributed by atoms with Crippen LogP contribution in [-0.2, 0) is 0 Å². The number of carbonyl (C=O) groups excluding carboxylic acids is 1. The van der Waals surface area contributed by atoms with E-state index in [0.29, 0.717) is 5.56 Å². The van der Waals surface area contributed by atoms with Crippen molar-refractivity contribution < 1.29 is 15.0 Å². The van der Waals surface area contributed by atoms with E-state index in [0.717, 1.165) is 13.0 Å². The smallest absolute Gasteiger partial charge is 0.176 e. The molecular weight excluding hydrogens is 326 g/mol. The predicted molar refractivity (Wildman–Crippen MR) is 108 cm³/mol. The van der Waals surface area contributed by atoms with Gasteiger partial charge in [0.2, 0.25) is 0 Å². The van der Waals surface area contributed by atoms with Crippen LogP contribution in [0.1, 0.15) is 94.3 Å². The molecule has 4 heteroatoms. The van der Waals surface area contributed by atoms with E-state index >= 15 is 0 Å². The highest BCUT2D eigenvalue weighted by molar-refractivity contribution is 5.98. The van der Waals surface area contributed by atoms with Gasteiger partial charge in [-0.2, -0.15) is 0 Å². The molecule has 0 fully saturated rings. The summed E-state index contributed by atoms with van der Waals surface area (Å²) in [6.07, 6.45) is 15.9. The summed E-state index contributed by atoms with van der Waals surface area (Å²) in [6, 6.07) is 4.18. The molecule has 0 atom stereocenters. The number of rotatable bonds is 16. The number of hydrogen-bond donors (Lipinski definition) is 3. The molecule has 1 aromatic carbocycles. The molecule has 0 spiro atoms. The minimum absolute atomic E-state index is 0.0702. The maximum Gasteiger partial charge on any atom is 0.176 e.